The minimum atomic E-state index is -1.31. The van der Waals surface area contributed by atoms with Crippen LogP contribution in [0, 0.1) is 11.8 Å². The molecule has 2 aromatic rings. The molecule has 3 amide bonds. The molecule has 5 rings (SSSR count). The van der Waals surface area contributed by atoms with Crippen molar-refractivity contribution >= 4 is 41.0 Å². The van der Waals surface area contributed by atoms with Crippen LogP contribution < -0.4 is 10.2 Å². The Morgan fingerprint density at radius 3 is 2.57 bits per heavy atom. The summed E-state index contributed by atoms with van der Waals surface area (Å²) in [7, 11) is 0. The molecule has 3 aliphatic heterocycles. The summed E-state index contributed by atoms with van der Waals surface area (Å²) in [4.78, 5) is 58.2. The van der Waals surface area contributed by atoms with Gasteiger partial charge >= 0.3 is 5.97 Å². The highest BCUT2D eigenvalue weighted by molar-refractivity contribution is 6.34. The molecule has 10 nitrogen and oxygen atoms in total. The number of esters is 1. The van der Waals surface area contributed by atoms with E-state index in [9.17, 15) is 24.3 Å². The van der Waals surface area contributed by atoms with Crippen molar-refractivity contribution < 1.29 is 33.8 Å². The van der Waals surface area contributed by atoms with Crippen LogP contribution in [0.5, 0.6) is 0 Å². The maximum Gasteiger partial charge on any atom is 0.313 e. The first-order chi connectivity index (χ1) is 22.2. The third-order valence-corrected chi connectivity index (χ3v) is 9.51. The molecule has 3 aliphatic rings. The average molecular weight is 650 g/mol. The van der Waals surface area contributed by atoms with Gasteiger partial charge < -0.3 is 29.7 Å². The van der Waals surface area contributed by atoms with Gasteiger partial charge in [-0.1, -0.05) is 66.2 Å². The quantitative estimate of drug-likeness (QED) is 0.234. The topological polar surface area (TPSA) is 125 Å². The Hall–Kier alpha value is -3.99. The van der Waals surface area contributed by atoms with E-state index in [4.69, 9.17) is 21.1 Å². The first-order valence-corrected chi connectivity index (χ1v) is 16.0. The van der Waals surface area contributed by atoms with Crippen LogP contribution in [-0.2, 0) is 28.7 Å². The maximum atomic E-state index is 14.6. The molecule has 2 N–H and O–H groups in total. The van der Waals surface area contributed by atoms with Gasteiger partial charge in [0.05, 0.1) is 47.8 Å². The normalized spacial score (nSPS) is 25.8. The van der Waals surface area contributed by atoms with Crippen LogP contribution in [0.1, 0.15) is 44.3 Å². The molecule has 2 aromatic carbocycles. The van der Waals surface area contributed by atoms with Crippen LogP contribution in [-0.4, -0.2) is 77.2 Å². The van der Waals surface area contributed by atoms with Crippen molar-refractivity contribution in [2.24, 2.45) is 11.8 Å². The van der Waals surface area contributed by atoms with Crippen LogP contribution in [0.25, 0.3) is 0 Å². The Labute approximate surface area is 274 Å². The highest BCUT2D eigenvalue weighted by Gasteiger charge is 2.75. The number of nitrogens with one attached hydrogen (secondary N) is 1. The molecule has 1 spiro atoms. The molecule has 0 aliphatic carbocycles. The van der Waals surface area contributed by atoms with Gasteiger partial charge in [-0.25, -0.2) is 0 Å². The van der Waals surface area contributed by atoms with Crippen LogP contribution in [0.15, 0.2) is 79.9 Å². The lowest BCUT2D eigenvalue weighted by molar-refractivity contribution is -0.161. The van der Waals surface area contributed by atoms with Gasteiger partial charge in [0.2, 0.25) is 11.8 Å². The highest BCUT2D eigenvalue weighted by Crippen LogP contribution is 2.59. The Kier molecular flexibility index (Phi) is 10.3. The van der Waals surface area contributed by atoms with Crippen molar-refractivity contribution in [2.75, 3.05) is 24.6 Å². The number of para-hydroxylation sites is 1. The van der Waals surface area contributed by atoms with E-state index < -0.39 is 66.1 Å². The second kappa shape index (κ2) is 14.2. The van der Waals surface area contributed by atoms with Crippen molar-refractivity contribution in [3.63, 3.8) is 0 Å². The predicted molar refractivity (Wildman–Crippen MR) is 173 cm³/mol. The summed E-state index contributed by atoms with van der Waals surface area (Å²) in [6, 6.07) is 14.1. The number of aliphatic hydroxyl groups is 1. The largest absolute Gasteiger partial charge is 0.455 e. The molecule has 7 atom stereocenters. The second-order valence-corrected chi connectivity index (χ2v) is 12.4. The molecule has 0 radical (unpaired) electrons. The number of likely N-dealkylation sites (tertiary alicyclic amines) is 1. The van der Waals surface area contributed by atoms with Crippen molar-refractivity contribution in [2.45, 2.75) is 62.5 Å². The van der Waals surface area contributed by atoms with E-state index in [0.717, 1.165) is 0 Å². The van der Waals surface area contributed by atoms with Crippen LogP contribution >= 0.6 is 11.6 Å². The number of benzene rings is 2. The summed E-state index contributed by atoms with van der Waals surface area (Å²) in [5, 5.41) is 13.4. The smallest absolute Gasteiger partial charge is 0.313 e. The number of fused-ring (bicyclic) bond motifs is 1. The van der Waals surface area contributed by atoms with Gasteiger partial charge in [-0.05, 0) is 43.9 Å². The molecule has 0 saturated carbocycles. The first kappa shape index (κ1) is 33.4. The van der Waals surface area contributed by atoms with Crippen molar-refractivity contribution in [3.8, 4) is 0 Å². The lowest BCUT2D eigenvalue weighted by Gasteiger charge is -2.38. The summed E-state index contributed by atoms with van der Waals surface area (Å²) in [6.07, 6.45) is 3.34. The average Bonchev–Trinajstić information content (AvgIpc) is 3.72. The summed E-state index contributed by atoms with van der Waals surface area (Å²) >= 11 is 6.51. The SMILES string of the molecule is C=CCCC(=O)NC[C@@H](OC(=O)[C@@H]1[C@H]2C(=O)N([C@H](C)CO)[C@H](C(=O)N(CC=C)c3ccccc3Cl)[C@]23CC[C@H]1O3)c1ccccc1. The summed E-state index contributed by atoms with van der Waals surface area (Å²) in [5.74, 6) is -3.72. The minimum absolute atomic E-state index is 0.0386. The minimum Gasteiger partial charge on any atom is -0.455 e. The Bertz CT molecular complexity index is 1490. The highest BCUT2D eigenvalue weighted by atomic mass is 35.5. The van der Waals surface area contributed by atoms with E-state index in [1.165, 1.54) is 9.80 Å². The van der Waals surface area contributed by atoms with Crippen molar-refractivity contribution in [1.29, 1.82) is 0 Å². The zero-order valence-electron chi connectivity index (χ0n) is 25.8. The first-order valence-electron chi connectivity index (χ1n) is 15.6. The van der Waals surface area contributed by atoms with Crippen LogP contribution in [0.3, 0.4) is 0 Å². The van der Waals surface area contributed by atoms with E-state index in [-0.39, 0.29) is 25.4 Å². The molecule has 0 aromatic heterocycles. The Morgan fingerprint density at radius 1 is 1.17 bits per heavy atom. The van der Waals surface area contributed by atoms with Crippen LogP contribution in [0.2, 0.25) is 5.02 Å². The third-order valence-electron chi connectivity index (χ3n) is 9.19. The van der Waals surface area contributed by atoms with E-state index in [0.29, 0.717) is 35.5 Å². The number of allylic oxidation sites excluding steroid dienone is 1. The lowest BCUT2D eigenvalue weighted by Crippen LogP contribution is -2.58. The monoisotopic (exact) mass is 649 g/mol. The van der Waals surface area contributed by atoms with Crippen LogP contribution in [0.4, 0.5) is 5.69 Å². The van der Waals surface area contributed by atoms with E-state index in [2.05, 4.69) is 18.5 Å². The van der Waals surface area contributed by atoms with Crippen molar-refractivity contribution in [3.05, 3.63) is 90.5 Å². The fraction of sp³-hybridized carbons (Fsp3) is 0.429. The zero-order valence-corrected chi connectivity index (χ0v) is 26.6. The maximum absolute atomic E-state index is 14.6. The number of rotatable bonds is 14. The number of ether oxygens (including phenoxy) is 2. The van der Waals surface area contributed by atoms with Gasteiger partial charge in [0.25, 0.3) is 5.91 Å². The predicted octanol–water partition coefficient (Wildman–Crippen LogP) is 3.98. The molecule has 46 heavy (non-hydrogen) atoms. The molecule has 244 valence electrons. The molecule has 11 heteroatoms. The van der Waals surface area contributed by atoms with Gasteiger partial charge in [-0.15, -0.1) is 13.2 Å². The summed E-state index contributed by atoms with van der Waals surface area (Å²) in [5.41, 5.74) is -0.185. The lowest BCUT2D eigenvalue weighted by atomic mass is 9.70. The standard InChI is InChI=1S/C35H40ClN3O7/c1-4-6-16-28(41)37-20-27(23-12-8-7-9-13-23)45-34(44)29-26-17-18-35(46-26)30(29)32(42)39(22(3)21-40)31(35)33(43)38(19-5-2)25-15-11-10-14-24(25)36/h4-5,7-15,22,26-27,29-31,40H,1-2,6,16-21H2,3H3,(H,37,41)/t22-,26-,27-,29+,30+,31-,35+/m1/s1. The fourth-order valence-electron chi connectivity index (χ4n) is 7.10. The van der Waals surface area contributed by atoms with Gasteiger partial charge in [-0.2, -0.15) is 0 Å². The van der Waals surface area contributed by atoms with E-state index >= 15 is 0 Å². The number of carbonyl (C=O) groups is 4. The number of hydrogen-bond acceptors (Lipinski definition) is 7. The third kappa shape index (κ3) is 6.09. The number of carbonyl (C=O) groups excluding carboxylic acids is 4. The molecular weight excluding hydrogens is 610 g/mol. The number of aliphatic hydroxyl groups excluding tert-OH is 1. The fourth-order valence-corrected chi connectivity index (χ4v) is 7.33. The zero-order chi connectivity index (χ0) is 33.0. The summed E-state index contributed by atoms with van der Waals surface area (Å²) < 4.78 is 12.6. The Balaban J connectivity index is 1.47. The van der Waals surface area contributed by atoms with Gasteiger partial charge in [-0.3, -0.25) is 19.2 Å². The molecule has 3 heterocycles. The number of anilines is 1. The number of amides is 3. The molecule has 3 fully saturated rings. The summed E-state index contributed by atoms with van der Waals surface area (Å²) in [6.45, 7) is 8.87. The van der Waals surface area contributed by atoms with Gasteiger partial charge in [0.15, 0.2) is 0 Å². The molecule has 2 bridgehead atoms. The second-order valence-electron chi connectivity index (χ2n) is 12.0. The number of halogens is 1. The molecular formula is C35H40ClN3O7. The molecule has 0 unspecified atom stereocenters. The van der Waals surface area contributed by atoms with Gasteiger partial charge in [0.1, 0.15) is 17.7 Å². The molecule has 3 saturated heterocycles. The number of nitrogens with zero attached hydrogens (tertiary/aromatic N) is 2. The number of hydrogen-bond donors (Lipinski definition) is 2. The van der Waals surface area contributed by atoms with E-state index in [1.54, 1.807) is 55.5 Å². The van der Waals surface area contributed by atoms with Gasteiger partial charge in [0, 0.05) is 13.0 Å². The van der Waals surface area contributed by atoms with E-state index in [1.807, 2.05) is 18.2 Å². The Morgan fingerprint density at radius 2 is 1.89 bits per heavy atom. The van der Waals surface area contributed by atoms with Crippen molar-refractivity contribution in [1.82, 2.24) is 10.2 Å².